The second-order valence-corrected chi connectivity index (χ2v) is 3.60. The molecule has 5 nitrogen and oxygen atoms in total. The van der Waals surface area contributed by atoms with Gasteiger partial charge in [-0.05, 0) is 24.3 Å². The van der Waals surface area contributed by atoms with E-state index < -0.39 is 6.04 Å². The largest absolute Gasteiger partial charge is 0.464 e. The van der Waals surface area contributed by atoms with Crippen molar-refractivity contribution in [1.29, 1.82) is 0 Å². The Morgan fingerprint density at radius 3 is 2.62 bits per heavy atom. The van der Waals surface area contributed by atoms with E-state index in [1.807, 2.05) is 0 Å². The van der Waals surface area contributed by atoms with Gasteiger partial charge in [0.1, 0.15) is 6.04 Å². The van der Waals surface area contributed by atoms with Crippen LogP contribution in [-0.4, -0.2) is 24.5 Å². The lowest BCUT2D eigenvalue weighted by Gasteiger charge is -2.08. The zero-order chi connectivity index (χ0) is 11.5. The predicted molar refractivity (Wildman–Crippen MR) is 57.7 cm³/mol. The van der Waals surface area contributed by atoms with E-state index >= 15 is 0 Å². The first-order valence-electron chi connectivity index (χ1n) is 5.00. The zero-order valence-electron chi connectivity index (χ0n) is 8.60. The van der Waals surface area contributed by atoms with Crippen molar-refractivity contribution in [3.63, 3.8) is 0 Å². The molecule has 0 radical (unpaired) electrons. The summed E-state index contributed by atoms with van der Waals surface area (Å²) in [5.41, 5.74) is 6.58. The molecule has 0 aromatic heterocycles. The molecule has 3 N–H and O–H groups in total. The molecule has 1 aromatic carbocycles. The smallest absolute Gasteiger partial charge is 0.328 e. The topological polar surface area (TPSA) is 81.4 Å². The number of amides is 1. The highest BCUT2D eigenvalue weighted by molar-refractivity contribution is 5.97. The Morgan fingerprint density at radius 1 is 1.38 bits per heavy atom. The van der Waals surface area contributed by atoms with Crippen LogP contribution in [0.25, 0.3) is 0 Å². The fourth-order valence-corrected chi connectivity index (χ4v) is 1.50. The Hall–Kier alpha value is -2.04. The van der Waals surface area contributed by atoms with E-state index in [0.29, 0.717) is 24.3 Å². The summed E-state index contributed by atoms with van der Waals surface area (Å²) in [7, 11) is 0. The Morgan fingerprint density at radius 2 is 2.06 bits per heavy atom. The van der Waals surface area contributed by atoms with E-state index in [1.54, 1.807) is 24.3 Å². The van der Waals surface area contributed by atoms with Crippen LogP contribution in [0.15, 0.2) is 24.3 Å². The SMILES string of the molecule is Nc1ccc(C(=O)NC2CCOC2=O)cc1. The Labute approximate surface area is 92.6 Å². The molecule has 1 fully saturated rings. The molecule has 16 heavy (non-hydrogen) atoms. The van der Waals surface area contributed by atoms with E-state index in [0.717, 1.165) is 0 Å². The van der Waals surface area contributed by atoms with Gasteiger partial charge in [0.05, 0.1) is 6.61 Å². The van der Waals surface area contributed by atoms with Crippen LogP contribution >= 0.6 is 0 Å². The van der Waals surface area contributed by atoms with Crippen molar-refractivity contribution in [2.75, 3.05) is 12.3 Å². The number of hydrogen-bond acceptors (Lipinski definition) is 4. The third-order valence-corrected chi connectivity index (χ3v) is 2.41. The van der Waals surface area contributed by atoms with Crippen LogP contribution in [-0.2, 0) is 9.53 Å². The second-order valence-electron chi connectivity index (χ2n) is 3.60. The number of carbonyl (C=O) groups excluding carboxylic acids is 2. The normalized spacial score (nSPS) is 19.2. The van der Waals surface area contributed by atoms with Crippen LogP contribution in [0.2, 0.25) is 0 Å². The molecule has 1 heterocycles. The minimum absolute atomic E-state index is 0.288. The number of nitrogens with one attached hydrogen (secondary N) is 1. The summed E-state index contributed by atoms with van der Waals surface area (Å²) in [5.74, 6) is -0.660. The molecule has 1 saturated heterocycles. The number of esters is 1. The zero-order valence-corrected chi connectivity index (χ0v) is 8.60. The number of hydrogen-bond donors (Lipinski definition) is 2. The molecule has 0 aliphatic carbocycles. The van der Waals surface area contributed by atoms with Crippen LogP contribution in [0.3, 0.4) is 0 Å². The Kier molecular flexibility index (Phi) is 2.76. The number of ether oxygens (including phenoxy) is 1. The van der Waals surface area contributed by atoms with Crippen LogP contribution in [0.5, 0.6) is 0 Å². The third kappa shape index (κ3) is 2.13. The number of benzene rings is 1. The molecule has 1 amide bonds. The maximum absolute atomic E-state index is 11.7. The highest BCUT2D eigenvalue weighted by Crippen LogP contribution is 2.09. The first-order chi connectivity index (χ1) is 7.66. The summed E-state index contributed by atoms with van der Waals surface area (Å²) in [4.78, 5) is 22.8. The van der Waals surface area contributed by atoms with Gasteiger partial charge in [0, 0.05) is 17.7 Å². The minimum atomic E-state index is -0.523. The molecular formula is C11H12N2O3. The van der Waals surface area contributed by atoms with Gasteiger partial charge in [-0.15, -0.1) is 0 Å². The summed E-state index contributed by atoms with van der Waals surface area (Å²) in [6, 6.07) is 5.99. The van der Waals surface area contributed by atoms with Crippen molar-refractivity contribution in [1.82, 2.24) is 5.32 Å². The molecule has 1 atom stereocenters. The first kappa shape index (κ1) is 10.5. The standard InChI is InChI=1S/C11H12N2O3/c12-8-3-1-7(2-4-8)10(14)13-9-5-6-16-11(9)15/h1-4,9H,5-6,12H2,(H,13,14). The Balaban J connectivity index is 2.02. The average molecular weight is 220 g/mol. The monoisotopic (exact) mass is 220 g/mol. The van der Waals surface area contributed by atoms with Gasteiger partial charge in [0.2, 0.25) is 0 Å². The van der Waals surface area contributed by atoms with E-state index in [2.05, 4.69) is 5.32 Å². The second kappa shape index (κ2) is 4.22. The van der Waals surface area contributed by atoms with Gasteiger partial charge >= 0.3 is 5.97 Å². The Bertz CT molecular complexity index is 414. The maximum Gasteiger partial charge on any atom is 0.328 e. The van der Waals surface area contributed by atoms with Crippen molar-refractivity contribution in [3.05, 3.63) is 29.8 Å². The molecule has 1 aromatic rings. The summed E-state index contributed by atoms with van der Waals surface area (Å²) in [6.07, 6.45) is 0.527. The van der Waals surface area contributed by atoms with E-state index in [-0.39, 0.29) is 11.9 Å². The number of nitrogens with two attached hydrogens (primary N) is 1. The lowest BCUT2D eigenvalue weighted by molar-refractivity contribution is -0.139. The van der Waals surface area contributed by atoms with Gasteiger partial charge in [-0.3, -0.25) is 4.79 Å². The number of nitrogen functional groups attached to an aromatic ring is 1. The molecule has 0 saturated carbocycles. The first-order valence-corrected chi connectivity index (χ1v) is 5.00. The molecule has 1 aliphatic heterocycles. The van der Waals surface area contributed by atoms with Crippen molar-refractivity contribution >= 4 is 17.6 Å². The molecule has 0 bridgehead atoms. The van der Waals surface area contributed by atoms with E-state index in [9.17, 15) is 9.59 Å². The van der Waals surface area contributed by atoms with Crippen LogP contribution in [0.1, 0.15) is 16.8 Å². The highest BCUT2D eigenvalue weighted by Gasteiger charge is 2.28. The predicted octanol–water partition coefficient (Wildman–Crippen LogP) is 0.314. The number of anilines is 1. The van der Waals surface area contributed by atoms with Gasteiger partial charge < -0.3 is 15.8 Å². The molecule has 84 valence electrons. The lowest BCUT2D eigenvalue weighted by Crippen LogP contribution is -2.37. The van der Waals surface area contributed by atoms with Crippen molar-refractivity contribution in [2.45, 2.75) is 12.5 Å². The van der Waals surface area contributed by atoms with Crippen LogP contribution in [0, 0.1) is 0 Å². The molecule has 1 unspecified atom stereocenters. The van der Waals surface area contributed by atoms with Crippen LogP contribution in [0.4, 0.5) is 5.69 Å². The van der Waals surface area contributed by atoms with Gasteiger partial charge in [-0.1, -0.05) is 0 Å². The molecule has 5 heteroatoms. The molecule has 2 rings (SSSR count). The molecular weight excluding hydrogens is 208 g/mol. The van der Waals surface area contributed by atoms with Crippen LogP contribution < -0.4 is 11.1 Å². The van der Waals surface area contributed by atoms with Gasteiger partial charge in [0.25, 0.3) is 5.91 Å². The third-order valence-electron chi connectivity index (χ3n) is 2.41. The molecule has 1 aliphatic rings. The fraction of sp³-hybridized carbons (Fsp3) is 0.273. The van der Waals surface area contributed by atoms with E-state index in [4.69, 9.17) is 10.5 Å². The summed E-state index contributed by atoms with van der Waals surface area (Å²) in [5, 5.41) is 2.61. The van der Waals surface area contributed by atoms with Crippen molar-refractivity contribution in [2.24, 2.45) is 0 Å². The number of rotatable bonds is 2. The summed E-state index contributed by atoms with van der Waals surface area (Å²) < 4.78 is 4.75. The fourth-order valence-electron chi connectivity index (χ4n) is 1.50. The van der Waals surface area contributed by atoms with Crippen molar-refractivity contribution < 1.29 is 14.3 Å². The summed E-state index contributed by atoms with van der Waals surface area (Å²) in [6.45, 7) is 0.367. The minimum Gasteiger partial charge on any atom is -0.464 e. The number of cyclic esters (lactones) is 1. The van der Waals surface area contributed by atoms with Gasteiger partial charge in [0.15, 0.2) is 0 Å². The van der Waals surface area contributed by atoms with Gasteiger partial charge in [-0.25, -0.2) is 4.79 Å². The molecule has 0 spiro atoms. The summed E-state index contributed by atoms with van der Waals surface area (Å²) >= 11 is 0. The highest BCUT2D eigenvalue weighted by atomic mass is 16.5. The van der Waals surface area contributed by atoms with Gasteiger partial charge in [-0.2, -0.15) is 0 Å². The quantitative estimate of drug-likeness (QED) is 0.555. The lowest BCUT2D eigenvalue weighted by atomic mass is 10.1. The maximum atomic E-state index is 11.7. The number of carbonyl (C=O) groups is 2. The van der Waals surface area contributed by atoms with E-state index in [1.165, 1.54) is 0 Å². The average Bonchev–Trinajstić information content (AvgIpc) is 2.65. The van der Waals surface area contributed by atoms with Crippen molar-refractivity contribution in [3.8, 4) is 0 Å².